The molecular weight excluding hydrogens is 351 g/mol. The number of rotatable bonds is 5. The van der Waals surface area contributed by atoms with E-state index in [-0.39, 0.29) is 0 Å². The van der Waals surface area contributed by atoms with E-state index < -0.39 is 0 Å². The highest BCUT2D eigenvalue weighted by molar-refractivity contribution is 14.1. The van der Waals surface area contributed by atoms with Gasteiger partial charge in [0.2, 0.25) is 0 Å². The first-order valence-corrected chi connectivity index (χ1v) is 7.36. The third-order valence-corrected chi connectivity index (χ3v) is 3.51. The summed E-state index contributed by atoms with van der Waals surface area (Å²) in [7, 11) is 1.89. The third kappa shape index (κ3) is 3.56. The summed E-state index contributed by atoms with van der Waals surface area (Å²) < 4.78 is 1.22. The second-order valence-corrected chi connectivity index (χ2v) is 5.43. The number of aromatic nitrogens is 2. The summed E-state index contributed by atoms with van der Waals surface area (Å²) >= 11 is 2.30. The highest BCUT2D eigenvalue weighted by atomic mass is 127. The lowest BCUT2D eigenvalue weighted by Crippen LogP contribution is -2.05. The smallest absolute Gasteiger partial charge is 0.139 e. The third-order valence-electron chi connectivity index (χ3n) is 2.79. The van der Waals surface area contributed by atoms with Crippen molar-refractivity contribution in [3.05, 3.63) is 39.7 Å². The first-order chi connectivity index (χ1) is 9.24. The molecule has 0 bridgehead atoms. The Bertz CT molecular complexity index is 540. The topological polar surface area (TPSA) is 49.8 Å². The van der Waals surface area contributed by atoms with Gasteiger partial charge in [-0.2, -0.15) is 0 Å². The van der Waals surface area contributed by atoms with Crippen molar-refractivity contribution in [2.45, 2.75) is 19.8 Å². The highest BCUT2D eigenvalue weighted by Gasteiger charge is 2.09. The van der Waals surface area contributed by atoms with Crippen molar-refractivity contribution in [2.24, 2.45) is 0 Å². The molecule has 2 aromatic rings. The SMILES string of the molecule is CCCc1c(NC)ncnc1Nc1ccc(I)cc1. The molecule has 19 heavy (non-hydrogen) atoms. The minimum atomic E-state index is 0.877. The van der Waals surface area contributed by atoms with Crippen LogP contribution in [0.1, 0.15) is 18.9 Å². The molecule has 0 saturated heterocycles. The molecule has 0 saturated carbocycles. The molecule has 0 amide bonds. The maximum absolute atomic E-state index is 4.36. The molecule has 0 unspecified atom stereocenters. The standard InChI is InChI=1S/C14H17IN4/c1-3-4-12-13(16-2)17-9-18-14(12)19-11-7-5-10(15)6-8-11/h5-9H,3-4H2,1-2H3,(H2,16,17,18,19). The van der Waals surface area contributed by atoms with Crippen molar-refractivity contribution >= 4 is 39.9 Å². The van der Waals surface area contributed by atoms with Gasteiger partial charge in [0.15, 0.2) is 0 Å². The fourth-order valence-corrected chi connectivity index (χ4v) is 2.25. The lowest BCUT2D eigenvalue weighted by molar-refractivity contribution is 0.905. The second-order valence-electron chi connectivity index (χ2n) is 4.18. The van der Waals surface area contributed by atoms with Crippen molar-refractivity contribution in [3.63, 3.8) is 0 Å². The summed E-state index contributed by atoms with van der Waals surface area (Å²) in [5, 5.41) is 6.49. The van der Waals surface area contributed by atoms with E-state index >= 15 is 0 Å². The minimum absolute atomic E-state index is 0.877. The number of halogens is 1. The first-order valence-electron chi connectivity index (χ1n) is 6.28. The van der Waals surface area contributed by atoms with Gasteiger partial charge in [-0.1, -0.05) is 13.3 Å². The van der Waals surface area contributed by atoms with Gasteiger partial charge in [-0.05, 0) is 53.3 Å². The molecule has 0 spiro atoms. The number of benzene rings is 1. The number of hydrogen-bond acceptors (Lipinski definition) is 4. The highest BCUT2D eigenvalue weighted by Crippen LogP contribution is 2.24. The predicted molar refractivity (Wildman–Crippen MR) is 88.0 cm³/mol. The molecule has 0 aliphatic heterocycles. The summed E-state index contributed by atoms with van der Waals surface area (Å²) in [5.74, 6) is 1.77. The monoisotopic (exact) mass is 368 g/mol. The van der Waals surface area contributed by atoms with E-state index in [0.717, 1.165) is 35.7 Å². The minimum Gasteiger partial charge on any atom is -0.373 e. The van der Waals surface area contributed by atoms with E-state index in [1.54, 1.807) is 6.33 Å². The van der Waals surface area contributed by atoms with Crippen LogP contribution in [0.5, 0.6) is 0 Å². The fraction of sp³-hybridized carbons (Fsp3) is 0.286. The summed E-state index contributed by atoms with van der Waals surface area (Å²) in [5.41, 5.74) is 2.17. The average Bonchev–Trinajstić information content (AvgIpc) is 2.43. The van der Waals surface area contributed by atoms with Crippen LogP contribution >= 0.6 is 22.6 Å². The zero-order chi connectivity index (χ0) is 13.7. The Balaban J connectivity index is 2.30. The molecule has 1 aromatic carbocycles. The van der Waals surface area contributed by atoms with E-state index in [2.05, 4.69) is 74.4 Å². The van der Waals surface area contributed by atoms with Crippen LogP contribution in [-0.4, -0.2) is 17.0 Å². The Morgan fingerprint density at radius 2 is 1.79 bits per heavy atom. The number of nitrogens with one attached hydrogen (secondary N) is 2. The molecular formula is C14H17IN4. The Morgan fingerprint density at radius 1 is 1.11 bits per heavy atom. The van der Waals surface area contributed by atoms with Crippen LogP contribution in [0.2, 0.25) is 0 Å². The largest absolute Gasteiger partial charge is 0.373 e. The molecule has 0 fully saturated rings. The second kappa shape index (κ2) is 6.70. The van der Waals surface area contributed by atoms with Crippen molar-refractivity contribution in [2.75, 3.05) is 17.7 Å². The zero-order valence-electron chi connectivity index (χ0n) is 11.1. The van der Waals surface area contributed by atoms with Gasteiger partial charge in [0.1, 0.15) is 18.0 Å². The molecule has 0 atom stereocenters. The Kier molecular flexibility index (Phi) is 4.95. The molecule has 4 nitrogen and oxygen atoms in total. The van der Waals surface area contributed by atoms with Crippen molar-refractivity contribution in [1.29, 1.82) is 0 Å². The predicted octanol–water partition coefficient (Wildman–Crippen LogP) is 3.82. The van der Waals surface area contributed by atoms with Crippen LogP contribution in [0, 0.1) is 3.57 Å². The summed E-state index contributed by atoms with van der Waals surface area (Å²) in [6.07, 6.45) is 3.59. The number of hydrogen-bond donors (Lipinski definition) is 2. The average molecular weight is 368 g/mol. The lowest BCUT2D eigenvalue weighted by atomic mass is 10.1. The van der Waals surface area contributed by atoms with Gasteiger partial charge < -0.3 is 10.6 Å². The summed E-state index contributed by atoms with van der Waals surface area (Å²) in [6.45, 7) is 2.15. The molecule has 0 aliphatic carbocycles. The maximum atomic E-state index is 4.36. The van der Waals surface area contributed by atoms with E-state index in [0.29, 0.717) is 0 Å². The molecule has 1 aromatic heterocycles. The Hall–Kier alpha value is -1.37. The van der Waals surface area contributed by atoms with Crippen LogP contribution in [0.3, 0.4) is 0 Å². The molecule has 1 heterocycles. The van der Waals surface area contributed by atoms with Gasteiger partial charge in [0.05, 0.1) is 0 Å². The molecule has 5 heteroatoms. The van der Waals surface area contributed by atoms with E-state index in [4.69, 9.17) is 0 Å². The van der Waals surface area contributed by atoms with Gasteiger partial charge in [0.25, 0.3) is 0 Å². The van der Waals surface area contributed by atoms with Gasteiger partial charge >= 0.3 is 0 Å². The Labute approximate surface area is 127 Å². The molecule has 0 radical (unpaired) electrons. The maximum Gasteiger partial charge on any atom is 0.139 e. The molecule has 0 aliphatic rings. The van der Waals surface area contributed by atoms with Crippen LogP contribution in [0.15, 0.2) is 30.6 Å². The molecule has 2 rings (SSSR count). The number of anilines is 3. The molecule has 2 N–H and O–H groups in total. The lowest BCUT2D eigenvalue weighted by Gasteiger charge is -2.13. The van der Waals surface area contributed by atoms with Crippen molar-refractivity contribution in [1.82, 2.24) is 9.97 Å². The quantitative estimate of drug-likeness (QED) is 0.788. The Morgan fingerprint density at radius 3 is 2.42 bits per heavy atom. The first kappa shape index (κ1) is 14.0. The van der Waals surface area contributed by atoms with E-state index in [9.17, 15) is 0 Å². The van der Waals surface area contributed by atoms with Crippen LogP contribution in [-0.2, 0) is 6.42 Å². The zero-order valence-corrected chi connectivity index (χ0v) is 13.2. The van der Waals surface area contributed by atoms with Crippen LogP contribution in [0.4, 0.5) is 17.3 Å². The van der Waals surface area contributed by atoms with Gasteiger partial charge in [0, 0.05) is 21.9 Å². The van der Waals surface area contributed by atoms with E-state index in [1.807, 2.05) is 7.05 Å². The molecule has 100 valence electrons. The van der Waals surface area contributed by atoms with E-state index in [1.165, 1.54) is 3.57 Å². The van der Waals surface area contributed by atoms with Crippen LogP contribution < -0.4 is 10.6 Å². The van der Waals surface area contributed by atoms with Gasteiger partial charge in [-0.25, -0.2) is 9.97 Å². The summed E-state index contributed by atoms with van der Waals surface area (Å²) in [6, 6.07) is 8.25. The fourth-order valence-electron chi connectivity index (χ4n) is 1.89. The number of nitrogens with zero attached hydrogens (tertiary/aromatic N) is 2. The van der Waals surface area contributed by atoms with Crippen LogP contribution in [0.25, 0.3) is 0 Å². The van der Waals surface area contributed by atoms with Gasteiger partial charge in [-0.3, -0.25) is 0 Å². The van der Waals surface area contributed by atoms with Gasteiger partial charge in [-0.15, -0.1) is 0 Å². The van der Waals surface area contributed by atoms with Crippen molar-refractivity contribution < 1.29 is 0 Å². The normalized spacial score (nSPS) is 10.3. The van der Waals surface area contributed by atoms with Crippen molar-refractivity contribution in [3.8, 4) is 0 Å². The summed E-state index contributed by atoms with van der Waals surface area (Å²) in [4.78, 5) is 8.63.